The number of hydrogen-bond donors (Lipinski definition) is 2. The molecule has 2 N–H and O–H groups in total. The third-order valence-corrected chi connectivity index (χ3v) is 4.10. The number of hydrogen-bond acceptors (Lipinski definition) is 4. The fourth-order valence-electron chi connectivity index (χ4n) is 2.83. The monoisotopic (exact) mass is 321 g/mol. The average molecular weight is 321 g/mol. The SMILES string of the molecule is Cc1cc(C[C@@H](OC(=O)N2CCCCC2)C(=O)O)cc(C)c1O. The van der Waals surface area contributed by atoms with Crippen molar-refractivity contribution >= 4 is 12.1 Å². The summed E-state index contributed by atoms with van der Waals surface area (Å²) in [6, 6.07) is 3.43. The number of benzene rings is 1. The van der Waals surface area contributed by atoms with Gasteiger partial charge in [0.25, 0.3) is 0 Å². The molecule has 23 heavy (non-hydrogen) atoms. The number of likely N-dealkylation sites (tertiary alicyclic amines) is 1. The fourth-order valence-corrected chi connectivity index (χ4v) is 2.83. The van der Waals surface area contributed by atoms with Gasteiger partial charge in [0.1, 0.15) is 5.75 Å². The third kappa shape index (κ3) is 4.37. The molecule has 2 rings (SSSR count). The second-order valence-corrected chi connectivity index (χ2v) is 6.04. The molecule has 0 bridgehead atoms. The van der Waals surface area contributed by atoms with Gasteiger partial charge in [0, 0.05) is 19.5 Å². The maximum atomic E-state index is 12.1. The third-order valence-electron chi connectivity index (χ3n) is 4.10. The van der Waals surface area contributed by atoms with Crippen LogP contribution in [-0.2, 0) is 16.0 Å². The van der Waals surface area contributed by atoms with Crippen LogP contribution in [0.2, 0.25) is 0 Å². The van der Waals surface area contributed by atoms with Crippen LogP contribution in [0.5, 0.6) is 5.75 Å². The number of aromatic hydroxyl groups is 1. The second-order valence-electron chi connectivity index (χ2n) is 6.04. The number of aryl methyl sites for hydroxylation is 2. The predicted molar refractivity (Wildman–Crippen MR) is 84.6 cm³/mol. The molecule has 1 aliphatic rings. The van der Waals surface area contributed by atoms with Gasteiger partial charge in [-0.2, -0.15) is 0 Å². The number of phenols is 1. The highest BCUT2D eigenvalue weighted by Gasteiger charge is 2.27. The van der Waals surface area contributed by atoms with Crippen LogP contribution < -0.4 is 0 Å². The summed E-state index contributed by atoms with van der Waals surface area (Å²) in [6.07, 6.45) is 1.21. The summed E-state index contributed by atoms with van der Waals surface area (Å²) in [4.78, 5) is 25.1. The molecule has 1 saturated heterocycles. The Morgan fingerprint density at radius 2 is 1.74 bits per heavy atom. The highest BCUT2D eigenvalue weighted by Crippen LogP contribution is 2.24. The van der Waals surface area contributed by atoms with Crippen molar-refractivity contribution in [2.45, 2.75) is 45.6 Å². The average Bonchev–Trinajstić information content (AvgIpc) is 2.52. The number of nitrogens with zero attached hydrogens (tertiary/aromatic N) is 1. The molecule has 0 aromatic heterocycles. The summed E-state index contributed by atoms with van der Waals surface area (Å²) >= 11 is 0. The number of rotatable bonds is 4. The Morgan fingerprint density at radius 1 is 1.17 bits per heavy atom. The van der Waals surface area contributed by atoms with Gasteiger partial charge in [-0.15, -0.1) is 0 Å². The molecule has 1 heterocycles. The number of carbonyl (C=O) groups excluding carboxylic acids is 1. The molecule has 1 aromatic carbocycles. The van der Waals surface area contributed by atoms with Crippen LogP contribution in [0.3, 0.4) is 0 Å². The second kappa shape index (κ2) is 7.35. The van der Waals surface area contributed by atoms with Crippen molar-refractivity contribution in [2.75, 3.05) is 13.1 Å². The van der Waals surface area contributed by atoms with Crippen LogP contribution in [0.15, 0.2) is 12.1 Å². The van der Waals surface area contributed by atoms with Crippen molar-refractivity contribution in [3.8, 4) is 5.75 Å². The Labute approximate surface area is 135 Å². The number of amides is 1. The van der Waals surface area contributed by atoms with Crippen molar-refractivity contribution in [3.05, 3.63) is 28.8 Å². The molecule has 0 unspecified atom stereocenters. The molecule has 1 aromatic rings. The van der Waals surface area contributed by atoms with Gasteiger partial charge in [-0.1, -0.05) is 12.1 Å². The van der Waals surface area contributed by atoms with Crippen LogP contribution in [-0.4, -0.2) is 46.4 Å². The van der Waals surface area contributed by atoms with E-state index in [1.807, 2.05) is 0 Å². The normalized spacial score (nSPS) is 16.0. The Hall–Kier alpha value is -2.24. The quantitative estimate of drug-likeness (QED) is 0.890. The Balaban J connectivity index is 2.06. The maximum Gasteiger partial charge on any atom is 0.410 e. The number of aliphatic carboxylic acids is 1. The lowest BCUT2D eigenvalue weighted by Gasteiger charge is -2.27. The first-order valence-corrected chi connectivity index (χ1v) is 7.86. The van der Waals surface area contributed by atoms with Gasteiger partial charge >= 0.3 is 12.1 Å². The zero-order valence-corrected chi connectivity index (χ0v) is 13.5. The minimum Gasteiger partial charge on any atom is -0.507 e. The lowest BCUT2D eigenvalue weighted by Crippen LogP contribution is -2.40. The van der Waals surface area contributed by atoms with Gasteiger partial charge in [-0.3, -0.25) is 0 Å². The number of carboxylic acids is 1. The van der Waals surface area contributed by atoms with Crippen molar-refractivity contribution in [1.82, 2.24) is 4.90 Å². The first kappa shape index (κ1) is 17.1. The summed E-state index contributed by atoms with van der Waals surface area (Å²) in [5, 5.41) is 19.1. The Bertz CT molecular complexity index is 570. The molecule has 0 spiro atoms. The summed E-state index contributed by atoms with van der Waals surface area (Å²) < 4.78 is 5.19. The number of carbonyl (C=O) groups is 2. The minimum absolute atomic E-state index is 0.0802. The molecular weight excluding hydrogens is 298 g/mol. The van der Waals surface area contributed by atoms with Crippen molar-refractivity contribution in [1.29, 1.82) is 0 Å². The van der Waals surface area contributed by atoms with Gasteiger partial charge in [-0.25, -0.2) is 9.59 Å². The van der Waals surface area contributed by atoms with Crippen LogP contribution >= 0.6 is 0 Å². The van der Waals surface area contributed by atoms with E-state index in [4.69, 9.17) is 4.74 Å². The summed E-state index contributed by atoms with van der Waals surface area (Å²) in [6.45, 7) is 4.73. The Kier molecular flexibility index (Phi) is 5.47. The summed E-state index contributed by atoms with van der Waals surface area (Å²) in [5.74, 6) is -0.968. The molecule has 0 radical (unpaired) electrons. The molecule has 1 fully saturated rings. The van der Waals surface area contributed by atoms with Crippen LogP contribution in [0.1, 0.15) is 36.0 Å². The van der Waals surface area contributed by atoms with E-state index in [1.165, 1.54) is 0 Å². The smallest absolute Gasteiger partial charge is 0.410 e. The maximum absolute atomic E-state index is 12.1. The van der Waals surface area contributed by atoms with E-state index in [1.54, 1.807) is 30.9 Å². The van der Waals surface area contributed by atoms with Crippen LogP contribution in [0, 0.1) is 13.8 Å². The van der Waals surface area contributed by atoms with E-state index in [9.17, 15) is 19.8 Å². The minimum atomic E-state index is -1.23. The predicted octanol–water partition coefficient (Wildman–Crippen LogP) is 2.63. The summed E-state index contributed by atoms with van der Waals surface area (Å²) in [5.41, 5.74) is 2.06. The summed E-state index contributed by atoms with van der Waals surface area (Å²) in [7, 11) is 0. The van der Waals surface area contributed by atoms with Gasteiger partial charge < -0.3 is 19.8 Å². The zero-order valence-electron chi connectivity index (χ0n) is 13.5. The highest BCUT2D eigenvalue weighted by atomic mass is 16.6. The molecule has 1 aliphatic heterocycles. The number of phenolic OH excluding ortho intramolecular Hbond substituents is 1. The zero-order chi connectivity index (χ0) is 17.0. The van der Waals surface area contributed by atoms with Gasteiger partial charge in [0.2, 0.25) is 6.10 Å². The standard InChI is InChI=1S/C17H23NO5/c1-11-8-13(9-12(2)15(11)19)10-14(16(20)21)23-17(22)18-6-4-3-5-7-18/h8-9,14,19H,3-7,10H2,1-2H3,(H,20,21)/t14-/m1/s1. The van der Waals surface area contributed by atoms with Crippen molar-refractivity contribution in [2.24, 2.45) is 0 Å². The number of ether oxygens (including phenoxy) is 1. The molecule has 6 heteroatoms. The number of carboxylic acid groups (broad SMARTS) is 1. The fraction of sp³-hybridized carbons (Fsp3) is 0.529. The first-order chi connectivity index (χ1) is 10.9. The number of piperidine rings is 1. The largest absolute Gasteiger partial charge is 0.507 e. The lowest BCUT2D eigenvalue weighted by atomic mass is 10.0. The first-order valence-electron chi connectivity index (χ1n) is 7.86. The lowest BCUT2D eigenvalue weighted by molar-refractivity contribution is -0.147. The topological polar surface area (TPSA) is 87.1 Å². The molecule has 1 amide bonds. The van der Waals surface area contributed by atoms with E-state index in [-0.39, 0.29) is 12.2 Å². The van der Waals surface area contributed by atoms with E-state index < -0.39 is 18.2 Å². The van der Waals surface area contributed by atoms with Crippen LogP contribution in [0.25, 0.3) is 0 Å². The molecule has 126 valence electrons. The molecule has 1 atom stereocenters. The van der Waals surface area contributed by atoms with Gasteiger partial charge in [0.05, 0.1) is 0 Å². The van der Waals surface area contributed by atoms with Crippen molar-refractivity contribution in [3.63, 3.8) is 0 Å². The van der Waals surface area contributed by atoms with Crippen molar-refractivity contribution < 1.29 is 24.5 Å². The van der Waals surface area contributed by atoms with E-state index in [2.05, 4.69) is 0 Å². The van der Waals surface area contributed by atoms with E-state index in [0.717, 1.165) is 24.8 Å². The van der Waals surface area contributed by atoms with Gasteiger partial charge in [0.15, 0.2) is 0 Å². The van der Waals surface area contributed by atoms with E-state index >= 15 is 0 Å². The van der Waals surface area contributed by atoms with E-state index in [0.29, 0.717) is 24.2 Å². The Morgan fingerprint density at radius 3 is 2.26 bits per heavy atom. The van der Waals surface area contributed by atoms with Gasteiger partial charge in [-0.05, 0) is 49.8 Å². The molecule has 0 saturated carbocycles. The highest BCUT2D eigenvalue weighted by molar-refractivity contribution is 5.77. The molecule has 6 nitrogen and oxygen atoms in total. The molecule has 0 aliphatic carbocycles. The van der Waals surface area contributed by atoms with Crippen LogP contribution in [0.4, 0.5) is 4.79 Å². The molecular formula is C17H23NO5.